The van der Waals surface area contributed by atoms with Crippen LogP contribution in [0.5, 0.6) is 0 Å². The van der Waals surface area contributed by atoms with Crippen LogP contribution in [0.3, 0.4) is 0 Å². The van der Waals surface area contributed by atoms with Gasteiger partial charge < -0.3 is 10.5 Å². The molecule has 1 aromatic rings. The van der Waals surface area contributed by atoms with Crippen LogP contribution in [0.25, 0.3) is 0 Å². The summed E-state index contributed by atoms with van der Waals surface area (Å²) in [6.45, 7) is 2.13. The second-order valence-corrected chi connectivity index (χ2v) is 4.48. The first-order valence-electron chi connectivity index (χ1n) is 5.40. The number of carbonyl (C=O) groups excluding carboxylic acids is 1. The summed E-state index contributed by atoms with van der Waals surface area (Å²) < 4.78 is 18.2. The quantitative estimate of drug-likeness (QED) is 0.851. The number of nitrogens with two attached hydrogens (primary N) is 1. The third-order valence-corrected chi connectivity index (χ3v) is 2.94. The van der Waals surface area contributed by atoms with E-state index in [-0.39, 0.29) is 24.2 Å². The fourth-order valence-electron chi connectivity index (χ4n) is 1.42. The van der Waals surface area contributed by atoms with E-state index < -0.39 is 0 Å². The number of esters is 1. The van der Waals surface area contributed by atoms with Gasteiger partial charge in [0, 0.05) is 12.5 Å². The second-order valence-electron chi connectivity index (χ2n) is 3.62. The Balaban J connectivity index is 2.54. The molecule has 0 aliphatic heterocycles. The molecule has 5 heteroatoms. The summed E-state index contributed by atoms with van der Waals surface area (Å²) in [4.78, 5) is 11.2. The number of hydrogen-bond donors (Lipinski definition) is 1. The summed E-state index contributed by atoms with van der Waals surface area (Å²) in [6.07, 6.45) is 0.751. The van der Waals surface area contributed by atoms with E-state index in [4.69, 9.17) is 10.5 Å². The van der Waals surface area contributed by atoms with Crippen LogP contribution in [0.4, 0.5) is 4.39 Å². The molecule has 0 heterocycles. The highest BCUT2D eigenvalue weighted by Gasteiger charge is 2.11. The summed E-state index contributed by atoms with van der Waals surface area (Å²) in [5.41, 5.74) is 6.70. The normalized spacial score (nSPS) is 12.2. The van der Waals surface area contributed by atoms with Crippen molar-refractivity contribution in [2.75, 3.05) is 6.61 Å². The Hall–Kier alpha value is -0.940. The molecule has 94 valence electrons. The van der Waals surface area contributed by atoms with Crippen LogP contribution in [-0.4, -0.2) is 12.6 Å². The molecule has 1 aromatic carbocycles. The number of ether oxygens (including phenoxy) is 1. The van der Waals surface area contributed by atoms with Crippen molar-refractivity contribution in [1.82, 2.24) is 0 Å². The topological polar surface area (TPSA) is 52.3 Å². The largest absolute Gasteiger partial charge is 0.466 e. The third-order valence-electron chi connectivity index (χ3n) is 2.34. The molecule has 2 N–H and O–H groups in total. The van der Waals surface area contributed by atoms with Gasteiger partial charge in [-0.3, -0.25) is 4.79 Å². The molecular formula is C12H15BrFNO2. The van der Waals surface area contributed by atoms with Crippen LogP contribution in [-0.2, 0) is 9.53 Å². The smallest absolute Gasteiger partial charge is 0.305 e. The third kappa shape index (κ3) is 4.44. The van der Waals surface area contributed by atoms with E-state index in [9.17, 15) is 9.18 Å². The lowest BCUT2D eigenvalue weighted by atomic mass is 10.0. The van der Waals surface area contributed by atoms with Gasteiger partial charge in [0.2, 0.25) is 0 Å². The molecule has 0 fully saturated rings. The number of halogens is 2. The minimum absolute atomic E-state index is 0.260. The van der Waals surface area contributed by atoms with Crippen molar-refractivity contribution in [2.45, 2.75) is 25.8 Å². The zero-order valence-electron chi connectivity index (χ0n) is 9.58. The number of benzene rings is 1. The molecule has 0 spiro atoms. The van der Waals surface area contributed by atoms with E-state index >= 15 is 0 Å². The Morgan fingerprint density at radius 1 is 1.59 bits per heavy atom. The Morgan fingerprint density at radius 3 is 2.88 bits per heavy atom. The monoisotopic (exact) mass is 303 g/mol. The van der Waals surface area contributed by atoms with Gasteiger partial charge >= 0.3 is 5.97 Å². The lowest BCUT2D eigenvalue weighted by Gasteiger charge is -2.12. The Morgan fingerprint density at radius 2 is 2.29 bits per heavy atom. The molecule has 0 aromatic heterocycles. The maximum Gasteiger partial charge on any atom is 0.305 e. The van der Waals surface area contributed by atoms with Crippen LogP contribution in [0.1, 0.15) is 31.4 Å². The van der Waals surface area contributed by atoms with Gasteiger partial charge in [0.25, 0.3) is 0 Å². The van der Waals surface area contributed by atoms with Crippen molar-refractivity contribution in [2.24, 2.45) is 5.73 Å². The molecule has 0 saturated heterocycles. The van der Waals surface area contributed by atoms with Gasteiger partial charge in [0.15, 0.2) is 0 Å². The zero-order chi connectivity index (χ0) is 12.8. The van der Waals surface area contributed by atoms with Gasteiger partial charge in [-0.15, -0.1) is 0 Å². The van der Waals surface area contributed by atoms with Crippen molar-refractivity contribution in [1.29, 1.82) is 0 Å². The van der Waals surface area contributed by atoms with E-state index in [0.29, 0.717) is 17.5 Å². The van der Waals surface area contributed by atoms with Gasteiger partial charge in [-0.2, -0.15) is 0 Å². The highest BCUT2D eigenvalue weighted by atomic mass is 79.9. The molecule has 0 aliphatic carbocycles. The predicted molar refractivity (Wildman–Crippen MR) is 66.9 cm³/mol. The standard InChI is InChI=1S/C12H15BrFNO2/c1-2-17-12(16)6-5-11(15)8-3-4-10(14)9(13)7-8/h3-4,7,11H,2,5-6,15H2,1H3. The van der Waals surface area contributed by atoms with Gasteiger partial charge in [-0.05, 0) is 47.0 Å². The SMILES string of the molecule is CCOC(=O)CCC(N)c1ccc(F)c(Br)c1. The Kier molecular flexibility index (Phi) is 5.58. The molecule has 0 aliphatic rings. The molecule has 0 bridgehead atoms. The van der Waals surface area contributed by atoms with Gasteiger partial charge in [0.05, 0.1) is 11.1 Å². The molecule has 3 nitrogen and oxygen atoms in total. The maximum absolute atomic E-state index is 13.0. The molecule has 1 rings (SSSR count). The average molecular weight is 304 g/mol. The molecule has 0 saturated carbocycles. The van der Waals surface area contributed by atoms with Crippen LogP contribution in [0.15, 0.2) is 22.7 Å². The van der Waals surface area contributed by atoms with E-state index in [0.717, 1.165) is 5.56 Å². The predicted octanol–water partition coefficient (Wildman–Crippen LogP) is 2.93. The van der Waals surface area contributed by atoms with Crippen molar-refractivity contribution in [3.63, 3.8) is 0 Å². The summed E-state index contributed by atoms with van der Waals surface area (Å²) in [5, 5.41) is 0. The van der Waals surface area contributed by atoms with E-state index in [1.807, 2.05) is 0 Å². The highest BCUT2D eigenvalue weighted by Crippen LogP contribution is 2.22. The summed E-state index contributed by atoms with van der Waals surface area (Å²) in [7, 11) is 0. The fraction of sp³-hybridized carbons (Fsp3) is 0.417. The first-order chi connectivity index (χ1) is 8.04. The number of hydrogen-bond acceptors (Lipinski definition) is 3. The van der Waals surface area contributed by atoms with Crippen molar-refractivity contribution < 1.29 is 13.9 Å². The zero-order valence-corrected chi connectivity index (χ0v) is 11.2. The molecular weight excluding hydrogens is 289 g/mol. The van der Waals surface area contributed by atoms with Crippen LogP contribution in [0.2, 0.25) is 0 Å². The Labute approximate surface area is 108 Å². The summed E-state index contributed by atoms with van der Waals surface area (Å²) >= 11 is 3.10. The first kappa shape index (κ1) is 14.1. The second kappa shape index (κ2) is 6.71. The Bertz CT molecular complexity index is 398. The van der Waals surface area contributed by atoms with Crippen LogP contribution in [0, 0.1) is 5.82 Å². The minimum atomic E-state index is -0.327. The molecule has 1 unspecified atom stereocenters. The highest BCUT2D eigenvalue weighted by molar-refractivity contribution is 9.10. The minimum Gasteiger partial charge on any atom is -0.466 e. The van der Waals surface area contributed by atoms with E-state index in [1.54, 1.807) is 19.1 Å². The van der Waals surface area contributed by atoms with E-state index in [2.05, 4.69) is 15.9 Å². The number of carbonyl (C=O) groups is 1. The summed E-state index contributed by atoms with van der Waals surface area (Å²) in [6, 6.07) is 4.31. The average Bonchev–Trinajstić information content (AvgIpc) is 2.30. The fourth-order valence-corrected chi connectivity index (χ4v) is 1.81. The lowest BCUT2D eigenvalue weighted by molar-refractivity contribution is -0.143. The molecule has 17 heavy (non-hydrogen) atoms. The maximum atomic E-state index is 13.0. The molecule has 0 radical (unpaired) electrons. The van der Waals surface area contributed by atoms with Gasteiger partial charge in [-0.25, -0.2) is 4.39 Å². The van der Waals surface area contributed by atoms with Gasteiger partial charge in [0.1, 0.15) is 5.82 Å². The molecule has 1 atom stereocenters. The lowest BCUT2D eigenvalue weighted by Crippen LogP contribution is -2.13. The van der Waals surface area contributed by atoms with Crippen molar-refractivity contribution >= 4 is 21.9 Å². The van der Waals surface area contributed by atoms with Crippen molar-refractivity contribution in [3.8, 4) is 0 Å². The first-order valence-corrected chi connectivity index (χ1v) is 6.20. The molecule has 0 amide bonds. The van der Waals surface area contributed by atoms with Crippen molar-refractivity contribution in [3.05, 3.63) is 34.1 Å². The number of rotatable bonds is 5. The van der Waals surface area contributed by atoms with E-state index in [1.165, 1.54) is 6.07 Å². The van der Waals surface area contributed by atoms with Crippen LogP contribution < -0.4 is 5.73 Å². The van der Waals surface area contributed by atoms with Gasteiger partial charge in [-0.1, -0.05) is 6.07 Å². The van der Waals surface area contributed by atoms with Crippen LogP contribution >= 0.6 is 15.9 Å². The summed E-state index contributed by atoms with van der Waals surface area (Å²) in [5.74, 6) is -0.588.